The average Bonchev–Trinajstić information content (AvgIpc) is 2.22. The lowest BCUT2D eigenvalue weighted by atomic mass is 10.0. The van der Waals surface area contributed by atoms with Gasteiger partial charge in [0, 0.05) is 12.8 Å². The number of ether oxygens (including phenoxy) is 1. The Bertz CT molecular complexity index is 449. The normalized spacial score (nSPS) is 17.2. The number of hydrogen-bond acceptors (Lipinski definition) is 4. The maximum Gasteiger partial charge on any atom is 0.307 e. The molecule has 0 heterocycles. The van der Waals surface area contributed by atoms with Gasteiger partial charge in [0.2, 0.25) is 0 Å². The van der Waals surface area contributed by atoms with Crippen LogP contribution in [0.4, 0.5) is 0 Å². The second-order valence-electron chi connectivity index (χ2n) is 5.48. The van der Waals surface area contributed by atoms with Crippen molar-refractivity contribution in [2.24, 2.45) is 5.92 Å². The van der Waals surface area contributed by atoms with Gasteiger partial charge in [-0.15, -0.1) is 0 Å². The Morgan fingerprint density at radius 3 is 2.15 bits per heavy atom. The average molecular weight is 294 g/mol. The maximum atomic E-state index is 11.8. The lowest BCUT2D eigenvalue weighted by Gasteiger charge is -2.28. The van der Waals surface area contributed by atoms with Gasteiger partial charge in [-0.2, -0.15) is 0 Å². The van der Waals surface area contributed by atoms with Crippen molar-refractivity contribution in [1.82, 2.24) is 0 Å². The predicted octanol–water partition coefficient (Wildman–Crippen LogP) is 0.580. The van der Waals surface area contributed by atoms with E-state index < -0.39 is 47.8 Å². The molecule has 0 aromatic rings. The molecule has 1 unspecified atom stereocenters. The molecule has 0 rings (SSSR count). The molecular weight excluding hydrogens is 267 g/mol. The molecule has 0 saturated carbocycles. The van der Waals surface area contributed by atoms with Gasteiger partial charge in [0.25, 0.3) is 0 Å². The van der Waals surface area contributed by atoms with Crippen LogP contribution in [0.25, 0.3) is 0 Å². The SMILES string of the molecule is [2H][13C]([2H])([2H])[N+](C)(C)C[C@@H](CC(=O)O)OC(=O)CC(C)CC(=O)O. The Hall–Kier alpha value is -1.63. The highest BCUT2D eigenvalue weighted by Crippen LogP contribution is 2.12. The topological polar surface area (TPSA) is 101 Å². The number of likely N-dealkylation sites (N-methyl/N-ethyl adjacent to an activating group) is 1. The molecule has 0 aliphatic carbocycles. The van der Waals surface area contributed by atoms with Gasteiger partial charge in [0.05, 0.1) is 31.6 Å². The van der Waals surface area contributed by atoms with Crippen LogP contribution >= 0.6 is 0 Å². The van der Waals surface area contributed by atoms with Crippen molar-refractivity contribution in [3.05, 3.63) is 0 Å². The summed E-state index contributed by atoms with van der Waals surface area (Å²) in [5.41, 5.74) is 0. The number of carboxylic acids is 2. The zero-order valence-corrected chi connectivity index (χ0v) is 12.0. The monoisotopic (exact) mass is 294 g/mol. The first-order chi connectivity index (χ1) is 10.2. The van der Waals surface area contributed by atoms with E-state index in [4.69, 9.17) is 19.1 Å². The highest BCUT2D eigenvalue weighted by atomic mass is 16.5. The van der Waals surface area contributed by atoms with Crippen molar-refractivity contribution < 1.29 is 37.9 Å². The highest BCUT2D eigenvalue weighted by Gasteiger charge is 2.25. The standard InChI is InChI=1S/C13H23NO6/c1-9(5-11(15)16)6-13(19)20-10(7-12(17)18)8-14(2,3)4/h9-10H,5-8H2,1-4H3,(H-,15,16,17,18)/p+1/t9?,10-/m1/s1/i2+1D3. The van der Waals surface area contributed by atoms with E-state index in [0.29, 0.717) is 0 Å². The zero-order valence-electron chi connectivity index (χ0n) is 15.0. The molecule has 0 fully saturated rings. The first kappa shape index (κ1) is 13.4. The Labute approximate surface area is 122 Å². The van der Waals surface area contributed by atoms with Crippen LogP contribution in [0.1, 0.15) is 30.3 Å². The molecule has 2 atom stereocenters. The number of aliphatic carboxylic acids is 2. The Morgan fingerprint density at radius 2 is 1.70 bits per heavy atom. The van der Waals surface area contributed by atoms with Crippen LogP contribution in [-0.2, 0) is 19.1 Å². The van der Waals surface area contributed by atoms with E-state index in [0.717, 1.165) is 0 Å². The number of esters is 1. The summed E-state index contributed by atoms with van der Waals surface area (Å²) in [4.78, 5) is 33.2. The van der Waals surface area contributed by atoms with Crippen molar-refractivity contribution in [2.45, 2.75) is 32.3 Å². The highest BCUT2D eigenvalue weighted by molar-refractivity contribution is 5.73. The van der Waals surface area contributed by atoms with Crippen molar-refractivity contribution >= 4 is 17.9 Å². The largest absolute Gasteiger partial charge is 0.481 e. The lowest BCUT2D eigenvalue weighted by Crippen LogP contribution is -2.43. The van der Waals surface area contributed by atoms with Gasteiger partial charge in [-0.1, -0.05) is 6.92 Å². The van der Waals surface area contributed by atoms with E-state index in [2.05, 4.69) is 0 Å². The fourth-order valence-electron chi connectivity index (χ4n) is 1.74. The molecule has 116 valence electrons. The Balaban J connectivity index is 4.83. The first-order valence-electron chi connectivity index (χ1n) is 7.70. The molecule has 7 nitrogen and oxygen atoms in total. The zero-order chi connectivity index (χ0) is 18.4. The van der Waals surface area contributed by atoms with Gasteiger partial charge >= 0.3 is 17.9 Å². The minimum absolute atomic E-state index is 0.177. The summed E-state index contributed by atoms with van der Waals surface area (Å²) < 4.78 is 26.9. The summed E-state index contributed by atoms with van der Waals surface area (Å²) in [5, 5.41) is 17.5. The smallest absolute Gasteiger partial charge is 0.307 e. The summed E-state index contributed by atoms with van der Waals surface area (Å²) in [6, 6.07) is 0. The van der Waals surface area contributed by atoms with Gasteiger partial charge < -0.3 is 19.4 Å². The molecule has 7 heteroatoms. The third-order valence-corrected chi connectivity index (χ3v) is 2.40. The van der Waals surface area contributed by atoms with Crippen molar-refractivity contribution in [3.8, 4) is 0 Å². The maximum absolute atomic E-state index is 11.8. The van der Waals surface area contributed by atoms with E-state index in [1.807, 2.05) is 0 Å². The van der Waals surface area contributed by atoms with Crippen LogP contribution in [0.3, 0.4) is 0 Å². The predicted molar refractivity (Wildman–Crippen MR) is 71.1 cm³/mol. The third kappa shape index (κ3) is 10.3. The van der Waals surface area contributed by atoms with E-state index in [9.17, 15) is 14.4 Å². The first-order valence-corrected chi connectivity index (χ1v) is 6.20. The second kappa shape index (κ2) is 7.84. The number of carboxylic acid groups (broad SMARTS) is 2. The van der Waals surface area contributed by atoms with E-state index in [1.54, 1.807) is 6.92 Å². The summed E-state index contributed by atoms with van der Waals surface area (Å²) >= 11 is 0. The Kier molecular flexibility index (Phi) is 5.23. The van der Waals surface area contributed by atoms with Crippen LogP contribution in [0, 0.1) is 5.92 Å². The molecule has 0 aliphatic heterocycles. The van der Waals surface area contributed by atoms with E-state index >= 15 is 0 Å². The third-order valence-electron chi connectivity index (χ3n) is 2.40. The summed E-state index contributed by atoms with van der Waals surface area (Å²) in [6.45, 7) is -1.02. The van der Waals surface area contributed by atoms with Crippen LogP contribution in [-0.4, -0.2) is 66.3 Å². The molecule has 0 saturated heterocycles. The number of carbonyl (C=O) groups excluding carboxylic acids is 1. The second-order valence-corrected chi connectivity index (χ2v) is 5.48. The van der Waals surface area contributed by atoms with E-state index in [1.165, 1.54) is 14.1 Å². The fraction of sp³-hybridized carbons (Fsp3) is 0.769. The van der Waals surface area contributed by atoms with Gasteiger partial charge in [-0.25, -0.2) is 0 Å². The van der Waals surface area contributed by atoms with Crippen LogP contribution in [0.2, 0.25) is 0 Å². The van der Waals surface area contributed by atoms with Crippen LogP contribution in [0.5, 0.6) is 0 Å². The van der Waals surface area contributed by atoms with Crippen molar-refractivity contribution in [1.29, 1.82) is 0 Å². The molecule has 0 radical (unpaired) electrons. The number of carbonyl (C=O) groups is 3. The van der Waals surface area contributed by atoms with Gasteiger partial charge in [0.15, 0.2) is 6.10 Å². The molecule has 0 spiro atoms. The van der Waals surface area contributed by atoms with E-state index in [-0.39, 0.29) is 19.4 Å². The minimum atomic E-state index is -2.39. The van der Waals surface area contributed by atoms with Gasteiger partial charge in [-0.05, 0) is 5.92 Å². The number of hydrogen-bond donors (Lipinski definition) is 2. The molecule has 20 heavy (non-hydrogen) atoms. The Morgan fingerprint density at radius 1 is 1.15 bits per heavy atom. The molecular formula is C13H24NO6+. The summed E-state index contributed by atoms with van der Waals surface area (Å²) in [7, 11) is 2.78. The fourth-order valence-corrected chi connectivity index (χ4v) is 1.74. The van der Waals surface area contributed by atoms with Crippen LogP contribution < -0.4 is 0 Å². The molecule has 0 aromatic carbocycles. The van der Waals surface area contributed by atoms with Crippen molar-refractivity contribution in [2.75, 3.05) is 27.6 Å². The molecule has 0 aromatic heterocycles. The molecule has 2 N–H and O–H groups in total. The minimum Gasteiger partial charge on any atom is -0.481 e. The quantitative estimate of drug-likeness (QED) is 0.366. The van der Waals surface area contributed by atoms with Crippen molar-refractivity contribution in [3.63, 3.8) is 0 Å². The number of rotatable bonds is 9. The molecule has 0 aliphatic rings. The summed E-state index contributed by atoms with van der Waals surface area (Å²) in [6.07, 6.45) is -2.01. The van der Waals surface area contributed by atoms with Crippen LogP contribution in [0.15, 0.2) is 0 Å². The van der Waals surface area contributed by atoms with Gasteiger partial charge in [-0.3, -0.25) is 14.4 Å². The number of quaternary nitrogens is 1. The molecule has 0 bridgehead atoms. The lowest BCUT2D eigenvalue weighted by molar-refractivity contribution is -0.873. The summed E-state index contributed by atoms with van der Waals surface area (Å²) in [5.74, 6) is -3.47. The van der Waals surface area contributed by atoms with Gasteiger partial charge in [0.1, 0.15) is 6.54 Å². The molecule has 0 amide bonds. The number of nitrogens with zero attached hydrogens (tertiary/aromatic N) is 1.